The molecule has 102 valence electrons. The molecule has 0 aromatic heterocycles. The van der Waals surface area contributed by atoms with Gasteiger partial charge in [0, 0.05) is 12.1 Å². The number of hydrogen-bond acceptors (Lipinski definition) is 2. The topological polar surface area (TPSA) is 29.3 Å². The van der Waals surface area contributed by atoms with E-state index in [1.54, 1.807) is 0 Å². The highest BCUT2D eigenvalue weighted by molar-refractivity contribution is 4.99. The van der Waals surface area contributed by atoms with E-state index in [1.165, 1.54) is 45.1 Å². The van der Waals surface area contributed by atoms with Gasteiger partial charge in [0.25, 0.3) is 0 Å². The summed E-state index contributed by atoms with van der Waals surface area (Å²) in [6, 6.07) is 0. The molecule has 2 N–H and O–H groups in total. The third kappa shape index (κ3) is 3.69. The molecule has 0 aliphatic heterocycles. The Morgan fingerprint density at radius 2 is 1.88 bits per heavy atom. The molecule has 2 nitrogen and oxygen atoms in total. The van der Waals surface area contributed by atoms with E-state index < -0.39 is 0 Å². The highest BCUT2D eigenvalue weighted by Crippen LogP contribution is 2.43. The van der Waals surface area contributed by atoms with Gasteiger partial charge in [0.1, 0.15) is 0 Å². The minimum absolute atomic E-state index is 0.283. The van der Waals surface area contributed by atoms with Crippen molar-refractivity contribution in [3.8, 4) is 0 Å². The van der Waals surface area contributed by atoms with E-state index in [0.29, 0.717) is 5.41 Å². The molecule has 0 spiro atoms. The Morgan fingerprint density at radius 1 is 1.18 bits per heavy atom. The van der Waals surface area contributed by atoms with Crippen LogP contribution in [0, 0.1) is 5.41 Å². The maximum atomic E-state index is 6.17. The van der Waals surface area contributed by atoms with Gasteiger partial charge in [-0.25, -0.2) is 0 Å². The zero-order valence-corrected chi connectivity index (χ0v) is 12.4. The molecule has 1 rings (SSSR count). The second kappa shape index (κ2) is 6.19. The molecule has 1 atom stereocenters. The molecule has 0 saturated heterocycles. The van der Waals surface area contributed by atoms with Crippen LogP contribution in [0.1, 0.15) is 66.2 Å². The molecule has 17 heavy (non-hydrogen) atoms. The van der Waals surface area contributed by atoms with E-state index in [9.17, 15) is 0 Å². The minimum atomic E-state index is 0.283. The Hall–Kier alpha value is -0.0800. The molecule has 0 amide bonds. The summed E-state index contributed by atoms with van der Waals surface area (Å²) in [7, 11) is 0. The van der Waals surface area contributed by atoms with Gasteiger partial charge in [-0.15, -0.1) is 0 Å². The number of hydrogen-bond donors (Lipinski definition) is 1. The van der Waals surface area contributed by atoms with Crippen molar-refractivity contribution in [2.75, 3.05) is 19.6 Å². The van der Waals surface area contributed by atoms with Crippen molar-refractivity contribution in [2.45, 2.75) is 71.8 Å². The Balaban J connectivity index is 2.77. The molecule has 1 fully saturated rings. The lowest BCUT2D eigenvalue weighted by atomic mass is 9.67. The summed E-state index contributed by atoms with van der Waals surface area (Å²) in [6.07, 6.45) is 7.85. The van der Waals surface area contributed by atoms with Crippen molar-refractivity contribution in [1.82, 2.24) is 4.90 Å². The second-order valence-electron chi connectivity index (χ2n) is 6.56. The van der Waals surface area contributed by atoms with Gasteiger partial charge in [0.05, 0.1) is 0 Å². The maximum Gasteiger partial charge on any atom is 0.0336 e. The summed E-state index contributed by atoms with van der Waals surface area (Å²) < 4.78 is 0. The summed E-state index contributed by atoms with van der Waals surface area (Å²) in [6.45, 7) is 12.6. The van der Waals surface area contributed by atoms with E-state index in [1.807, 2.05) is 0 Å². The summed E-state index contributed by atoms with van der Waals surface area (Å²) >= 11 is 0. The van der Waals surface area contributed by atoms with E-state index in [-0.39, 0.29) is 5.54 Å². The molecule has 1 aliphatic rings. The van der Waals surface area contributed by atoms with Crippen LogP contribution in [0.15, 0.2) is 0 Å². The Kier molecular flexibility index (Phi) is 5.46. The van der Waals surface area contributed by atoms with Gasteiger partial charge in [0.2, 0.25) is 0 Å². The van der Waals surface area contributed by atoms with Crippen LogP contribution in [0.4, 0.5) is 0 Å². The van der Waals surface area contributed by atoms with Crippen LogP contribution < -0.4 is 5.73 Å². The number of rotatable bonds is 6. The summed E-state index contributed by atoms with van der Waals surface area (Å²) in [5, 5.41) is 0. The summed E-state index contributed by atoms with van der Waals surface area (Å²) in [5.41, 5.74) is 6.92. The molecular formula is C15H32N2. The fraction of sp³-hybridized carbons (Fsp3) is 1.00. The zero-order chi connectivity index (χ0) is 12.9. The largest absolute Gasteiger partial charge is 0.329 e. The maximum absolute atomic E-state index is 6.17. The van der Waals surface area contributed by atoms with Crippen molar-refractivity contribution in [1.29, 1.82) is 0 Å². The van der Waals surface area contributed by atoms with Gasteiger partial charge in [-0.05, 0) is 44.2 Å². The smallest absolute Gasteiger partial charge is 0.0336 e. The van der Waals surface area contributed by atoms with Gasteiger partial charge >= 0.3 is 0 Å². The van der Waals surface area contributed by atoms with Crippen molar-refractivity contribution in [3.05, 3.63) is 0 Å². The SMILES string of the molecule is CCCCN(CC)C1(CN)CCCC(C)(C)C1. The van der Waals surface area contributed by atoms with Crippen LogP contribution >= 0.6 is 0 Å². The van der Waals surface area contributed by atoms with Crippen molar-refractivity contribution in [3.63, 3.8) is 0 Å². The lowest BCUT2D eigenvalue weighted by Gasteiger charge is -2.51. The minimum Gasteiger partial charge on any atom is -0.329 e. The Morgan fingerprint density at radius 3 is 2.35 bits per heavy atom. The summed E-state index contributed by atoms with van der Waals surface area (Å²) in [4.78, 5) is 2.66. The number of unbranched alkanes of at least 4 members (excludes halogenated alkanes) is 1. The predicted molar refractivity (Wildman–Crippen MR) is 76.2 cm³/mol. The molecule has 1 saturated carbocycles. The van der Waals surface area contributed by atoms with E-state index >= 15 is 0 Å². The monoisotopic (exact) mass is 240 g/mol. The first kappa shape index (κ1) is 15.0. The first-order valence-electron chi connectivity index (χ1n) is 7.45. The number of nitrogens with zero attached hydrogens (tertiary/aromatic N) is 1. The summed E-state index contributed by atoms with van der Waals surface area (Å²) in [5.74, 6) is 0. The Labute approximate surface area is 108 Å². The van der Waals surface area contributed by atoms with Crippen LogP contribution in [0.5, 0.6) is 0 Å². The zero-order valence-electron chi connectivity index (χ0n) is 12.4. The molecule has 0 radical (unpaired) electrons. The third-order valence-electron chi connectivity index (χ3n) is 4.52. The normalized spacial score (nSPS) is 28.6. The van der Waals surface area contributed by atoms with Crippen LogP contribution in [0.25, 0.3) is 0 Å². The van der Waals surface area contributed by atoms with Crippen LogP contribution in [-0.4, -0.2) is 30.1 Å². The molecule has 1 aliphatic carbocycles. The average molecular weight is 240 g/mol. The first-order chi connectivity index (χ1) is 7.99. The lowest BCUT2D eigenvalue weighted by Crippen LogP contribution is -2.57. The van der Waals surface area contributed by atoms with Crippen molar-refractivity contribution in [2.24, 2.45) is 11.1 Å². The Bertz CT molecular complexity index is 225. The van der Waals surface area contributed by atoms with Gasteiger partial charge in [-0.1, -0.05) is 40.5 Å². The average Bonchev–Trinajstić information content (AvgIpc) is 2.28. The van der Waals surface area contributed by atoms with Gasteiger partial charge in [-0.3, -0.25) is 4.90 Å². The molecular weight excluding hydrogens is 208 g/mol. The molecule has 0 aromatic carbocycles. The fourth-order valence-corrected chi connectivity index (χ4v) is 3.62. The van der Waals surface area contributed by atoms with Gasteiger partial charge < -0.3 is 5.73 Å². The highest BCUT2D eigenvalue weighted by Gasteiger charge is 2.42. The van der Waals surface area contributed by atoms with E-state index in [4.69, 9.17) is 5.73 Å². The fourth-order valence-electron chi connectivity index (χ4n) is 3.62. The predicted octanol–water partition coefficient (Wildman–Crippen LogP) is 3.41. The van der Waals surface area contributed by atoms with Gasteiger partial charge in [0.15, 0.2) is 0 Å². The van der Waals surface area contributed by atoms with Crippen molar-refractivity contribution >= 4 is 0 Å². The van der Waals surface area contributed by atoms with Gasteiger partial charge in [-0.2, -0.15) is 0 Å². The van der Waals surface area contributed by atoms with Crippen LogP contribution in [-0.2, 0) is 0 Å². The quantitative estimate of drug-likeness (QED) is 0.771. The first-order valence-corrected chi connectivity index (χ1v) is 7.45. The second-order valence-corrected chi connectivity index (χ2v) is 6.56. The van der Waals surface area contributed by atoms with Crippen LogP contribution in [0.3, 0.4) is 0 Å². The molecule has 0 aromatic rings. The highest BCUT2D eigenvalue weighted by atomic mass is 15.2. The molecule has 1 unspecified atom stereocenters. The number of nitrogens with two attached hydrogens (primary N) is 1. The lowest BCUT2D eigenvalue weighted by molar-refractivity contribution is 0.0122. The molecule has 0 bridgehead atoms. The number of likely N-dealkylation sites (N-methyl/N-ethyl adjacent to an activating group) is 1. The molecule has 2 heteroatoms. The van der Waals surface area contributed by atoms with Crippen LogP contribution in [0.2, 0.25) is 0 Å². The molecule has 0 heterocycles. The third-order valence-corrected chi connectivity index (χ3v) is 4.52. The van der Waals surface area contributed by atoms with E-state index in [0.717, 1.165) is 13.1 Å². The van der Waals surface area contributed by atoms with E-state index in [2.05, 4.69) is 32.6 Å². The van der Waals surface area contributed by atoms with Crippen molar-refractivity contribution < 1.29 is 0 Å². The standard InChI is InChI=1S/C15H32N2/c1-5-7-11-17(6-2)15(13-16)10-8-9-14(3,4)12-15/h5-13,16H2,1-4H3.